The molecule has 6 heterocycles. The number of hydrogen-bond acceptors (Lipinski definition) is 8. The molecule has 1 aliphatic carbocycles. The number of Topliss-reactive ketones (excluding diaryl/α,β-unsaturated/α-hetero) is 1. The summed E-state index contributed by atoms with van der Waals surface area (Å²) < 4.78 is 3.14. The summed E-state index contributed by atoms with van der Waals surface area (Å²) >= 11 is 0. The third-order valence-corrected chi connectivity index (χ3v) is 8.91. The number of benzene rings is 1. The minimum Gasteiger partial charge on any atom is -0.384 e. The van der Waals surface area contributed by atoms with Gasteiger partial charge in [-0.25, -0.2) is 19.3 Å². The van der Waals surface area contributed by atoms with Crippen molar-refractivity contribution in [2.45, 2.75) is 56.7 Å². The van der Waals surface area contributed by atoms with Crippen molar-refractivity contribution < 1.29 is 9.90 Å². The molecule has 1 saturated carbocycles. The SMILES string of the molecule is C=CCn1c(=O)c2cnc(Nc3ccc(C4CC45C(=O)C4CCN5CC4)cc3)nc2n1-c1cccc(C(C)(C)O)n1. The molecule has 1 aromatic carbocycles. The molecule has 3 aromatic heterocycles. The van der Waals surface area contributed by atoms with E-state index in [1.165, 1.54) is 16.4 Å². The molecule has 4 aromatic rings. The Morgan fingerprint density at radius 2 is 1.88 bits per heavy atom. The molecule has 4 fully saturated rings. The Bertz CT molecular complexity index is 1740. The van der Waals surface area contributed by atoms with Crippen LogP contribution in [-0.2, 0) is 16.9 Å². The number of allylic oxidation sites excluding steroid dienone is 1. The Kier molecular flexibility index (Phi) is 5.78. The zero-order chi connectivity index (χ0) is 28.5. The van der Waals surface area contributed by atoms with Crippen molar-refractivity contribution in [2.75, 3.05) is 18.4 Å². The molecule has 0 amide bonds. The molecule has 8 rings (SSSR count). The van der Waals surface area contributed by atoms with Crippen molar-refractivity contribution in [3.8, 4) is 5.82 Å². The minimum absolute atomic E-state index is 0.240. The van der Waals surface area contributed by atoms with Gasteiger partial charge >= 0.3 is 0 Å². The smallest absolute Gasteiger partial charge is 0.278 e. The molecule has 10 nitrogen and oxygen atoms in total. The third kappa shape index (κ3) is 4.04. The highest BCUT2D eigenvalue weighted by Gasteiger charge is 2.67. The van der Waals surface area contributed by atoms with E-state index in [1.807, 2.05) is 12.1 Å². The van der Waals surface area contributed by atoms with Crippen LogP contribution in [0.4, 0.5) is 11.6 Å². The maximum Gasteiger partial charge on any atom is 0.278 e. The molecule has 1 spiro atoms. The van der Waals surface area contributed by atoms with Crippen molar-refractivity contribution in [3.05, 3.63) is 82.9 Å². The van der Waals surface area contributed by atoms with E-state index in [0.717, 1.165) is 38.0 Å². The van der Waals surface area contributed by atoms with Crippen molar-refractivity contribution in [3.63, 3.8) is 0 Å². The fourth-order valence-electron chi connectivity index (χ4n) is 6.74. The van der Waals surface area contributed by atoms with Crippen LogP contribution in [0, 0.1) is 5.92 Å². The van der Waals surface area contributed by atoms with Crippen LogP contribution in [0.25, 0.3) is 16.9 Å². The summed E-state index contributed by atoms with van der Waals surface area (Å²) in [6.07, 6.45) is 6.08. The van der Waals surface area contributed by atoms with Crippen LogP contribution in [-0.4, -0.2) is 58.7 Å². The van der Waals surface area contributed by atoms with Crippen LogP contribution in [0.2, 0.25) is 0 Å². The zero-order valence-corrected chi connectivity index (χ0v) is 23.2. The van der Waals surface area contributed by atoms with E-state index in [4.69, 9.17) is 4.98 Å². The van der Waals surface area contributed by atoms with Crippen LogP contribution < -0.4 is 10.9 Å². The van der Waals surface area contributed by atoms with Crippen molar-refractivity contribution in [2.24, 2.45) is 5.92 Å². The summed E-state index contributed by atoms with van der Waals surface area (Å²) in [4.78, 5) is 42.5. The quantitative estimate of drug-likeness (QED) is 0.334. The summed E-state index contributed by atoms with van der Waals surface area (Å²) in [5, 5.41) is 14.1. The average molecular weight is 552 g/mol. The number of carbonyl (C=O) groups excluding carboxylic acids is 1. The number of hydrogen-bond donors (Lipinski definition) is 2. The zero-order valence-electron chi connectivity index (χ0n) is 23.2. The summed E-state index contributed by atoms with van der Waals surface area (Å²) in [6.45, 7) is 9.43. The number of nitrogens with one attached hydrogen (secondary N) is 1. The maximum atomic E-state index is 13.3. The van der Waals surface area contributed by atoms with Crippen molar-refractivity contribution in [1.82, 2.24) is 29.2 Å². The Labute approximate surface area is 237 Å². The van der Waals surface area contributed by atoms with Gasteiger partial charge in [-0.15, -0.1) is 6.58 Å². The lowest BCUT2D eigenvalue weighted by Gasteiger charge is -2.45. The lowest BCUT2D eigenvalue weighted by Crippen LogP contribution is -2.58. The molecule has 210 valence electrons. The van der Waals surface area contributed by atoms with Gasteiger partial charge in [0.05, 0.1) is 17.8 Å². The van der Waals surface area contributed by atoms with Crippen molar-refractivity contribution in [1.29, 1.82) is 0 Å². The first-order valence-corrected chi connectivity index (χ1v) is 14.2. The largest absolute Gasteiger partial charge is 0.384 e. The number of nitrogens with zero attached hydrogens (tertiary/aromatic N) is 6. The molecule has 3 saturated heterocycles. The fraction of sp³-hybridized carbons (Fsp3) is 0.387. The molecule has 10 heteroatoms. The monoisotopic (exact) mass is 551 g/mol. The fourth-order valence-corrected chi connectivity index (χ4v) is 6.74. The molecule has 2 atom stereocenters. The lowest BCUT2D eigenvalue weighted by atomic mass is 9.79. The number of carbonyl (C=O) groups is 1. The second-order valence-corrected chi connectivity index (χ2v) is 11.9. The van der Waals surface area contributed by atoms with E-state index in [0.29, 0.717) is 34.3 Å². The van der Waals surface area contributed by atoms with E-state index in [9.17, 15) is 14.7 Å². The second-order valence-electron chi connectivity index (χ2n) is 11.9. The molecule has 3 aliphatic heterocycles. The normalized spacial score (nSPS) is 25.1. The predicted octanol–water partition coefficient (Wildman–Crippen LogP) is 3.66. The van der Waals surface area contributed by atoms with E-state index < -0.39 is 5.60 Å². The van der Waals surface area contributed by atoms with Gasteiger partial charge in [-0.05, 0) is 76.0 Å². The highest BCUT2D eigenvalue weighted by atomic mass is 16.3. The molecular weight excluding hydrogens is 518 g/mol. The van der Waals surface area contributed by atoms with Gasteiger partial charge in [-0.3, -0.25) is 14.5 Å². The van der Waals surface area contributed by atoms with Gasteiger partial charge in [0, 0.05) is 23.7 Å². The van der Waals surface area contributed by atoms with Crippen molar-refractivity contribution >= 4 is 28.5 Å². The molecule has 2 bridgehead atoms. The molecule has 41 heavy (non-hydrogen) atoms. The maximum absolute atomic E-state index is 13.3. The number of aromatic nitrogens is 5. The second kappa shape index (κ2) is 9.19. The van der Waals surface area contributed by atoms with Gasteiger partial charge in [-0.2, -0.15) is 4.98 Å². The van der Waals surface area contributed by atoms with E-state index in [1.54, 1.807) is 42.8 Å². The molecule has 0 radical (unpaired) electrons. The lowest BCUT2D eigenvalue weighted by molar-refractivity contribution is -0.139. The minimum atomic E-state index is -1.16. The predicted molar refractivity (Wildman–Crippen MR) is 155 cm³/mol. The number of fused-ring (bicyclic) bond motifs is 3. The van der Waals surface area contributed by atoms with Gasteiger partial charge in [0.25, 0.3) is 5.56 Å². The van der Waals surface area contributed by atoms with Gasteiger partial charge in [0.2, 0.25) is 5.95 Å². The third-order valence-electron chi connectivity index (χ3n) is 8.91. The van der Waals surface area contributed by atoms with Crippen LogP contribution in [0.15, 0.2) is 66.1 Å². The van der Waals surface area contributed by atoms with E-state index in [2.05, 4.69) is 38.9 Å². The Balaban J connectivity index is 1.19. The standard InChI is InChI=1S/C31H33N7O3/c1-4-14-37-28(40)22-18-32-29(35-27(22)38(37)25-7-5-6-24(34-25)30(2,3)41)33-21-10-8-19(9-11-21)23-17-31(23)26(39)20-12-15-36(31)16-13-20/h4-11,18,20,23,41H,1,12-17H2,2-3H3,(H,32,33,35). The van der Waals surface area contributed by atoms with E-state index in [-0.39, 0.29) is 29.5 Å². The van der Waals surface area contributed by atoms with E-state index >= 15 is 0 Å². The summed E-state index contributed by atoms with van der Waals surface area (Å²) in [5.41, 5.74) is 1.17. The van der Waals surface area contributed by atoms with Gasteiger partial charge in [-0.1, -0.05) is 24.3 Å². The Morgan fingerprint density at radius 3 is 2.56 bits per heavy atom. The highest BCUT2D eigenvalue weighted by molar-refractivity contribution is 5.96. The topological polar surface area (TPSA) is 118 Å². The van der Waals surface area contributed by atoms with Gasteiger partial charge in [0.1, 0.15) is 11.0 Å². The van der Waals surface area contributed by atoms with Gasteiger partial charge in [0.15, 0.2) is 17.2 Å². The van der Waals surface area contributed by atoms with Crippen LogP contribution in [0.5, 0.6) is 0 Å². The summed E-state index contributed by atoms with van der Waals surface area (Å²) in [6, 6.07) is 13.4. The molecular formula is C31H33N7O3. The summed E-state index contributed by atoms with van der Waals surface area (Å²) in [5.74, 6) is 1.73. The molecule has 2 N–H and O–H groups in total. The number of aliphatic hydroxyl groups is 1. The highest BCUT2D eigenvalue weighted by Crippen LogP contribution is 2.61. The number of anilines is 2. The molecule has 4 aliphatic rings. The van der Waals surface area contributed by atoms with Crippen LogP contribution >= 0.6 is 0 Å². The number of ketones is 1. The average Bonchev–Trinajstić information content (AvgIpc) is 3.65. The first kappa shape index (κ1) is 25.8. The van der Waals surface area contributed by atoms with Crippen LogP contribution in [0.3, 0.4) is 0 Å². The number of rotatable bonds is 7. The first-order valence-electron chi connectivity index (χ1n) is 14.2. The first-order chi connectivity index (χ1) is 19.7. The number of piperidine rings is 3. The Hall–Kier alpha value is -4.15. The Morgan fingerprint density at radius 1 is 1.12 bits per heavy atom. The molecule has 2 unspecified atom stereocenters. The number of pyridine rings is 1. The van der Waals surface area contributed by atoms with Gasteiger partial charge < -0.3 is 10.4 Å². The summed E-state index contributed by atoms with van der Waals surface area (Å²) in [7, 11) is 0. The van der Waals surface area contributed by atoms with Crippen LogP contribution in [0.1, 0.15) is 50.3 Å².